The number of nitrogens with one attached hydrogen (secondary N) is 1. The molecule has 0 heterocycles. The van der Waals surface area contributed by atoms with Gasteiger partial charge in [-0.1, -0.05) is 30.1 Å². The van der Waals surface area contributed by atoms with Gasteiger partial charge < -0.3 is 0 Å². The Bertz CT molecular complexity index is 490. The Morgan fingerprint density at radius 1 is 1.35 bits per heavy atom. The molecule has 0 aromatic heterocycles. The van der Waals surface area contributed by atoms with Crippen molar-refractivity contribution in [1.82, 2.24) is 4.72 Å². The van der Waals surface area contributed by atoms with Crippen LogP contribution >= 0.6 is 34.8 Å². The topological polar surface area (TPSA) is 46.2 Å². The van der Waals surface area contributed by atoms with E-state index < -0.39 is 10.0 Å². The molecule has 0 saturated carbocycles. The zero-order valence-corrected chi connectivity index (χ0v) is 12.2. The second kappa shape index (κ2) is 6.25. The van der Waals surface area contributed by atoms with Gasteiger partial charge in [-0.2, -0.15) is 0 Å². The molecule has 1 rings (SSSR count). The number of rotatable bonds is 5. The molecule has 1 unspecified atom stereocenters. The summed E-state index contributed by atoms with van der Waals surface area (Å²) in [6.45, 7) is 2.03. The van der Waals surface area contributed by atoms with Gasteiger partial charge in [0.2, 0.25) is 10.0 Å². The van der Waals surface area contributed by atoms with Crippen LogP contribution in [0.1, 0.15) is 13.3 Å². The van der Waals surface area contributed by atoms with Crippen LogP contribution in [0.3, 0.4) is 0 Å². The lowest BCUT2D eigenvalue weighted by Crippen LogP contribution is -2.29. The van der Waals surface area contributed by atoms with Gasteiger partial charge in [-0.25, -0.2) is 13.1 Å². The molecule has 0 bridgehead atoms. The van der Waals surface area contributed by atoms with Crippen LogP contribution in [0.15, 0.2) is 23.1 Å². The van der Waals surface area contributed by atoms with Crippen LogP contribution in [0.2, 0.25) is 10.0 Å². The zero-order valence-electron chi connectivity index (χ0n) is 9.08. The monoisotopic (exact) mass is 315 g/mol. The van der Waals surface area contributed by atoms with E-state index in [1.807, 2.05) is 6.92 Å². The summed E-state index contributed by atoms with van der Waals surface area (Å²) in [5, 5.41) is 0.194. The predicted octanol–water partition coefficient (Wildman–Crippen LogP) is 3.29. The van der Waals surface area contributed by atoms with Crippen molar-refractivity contribution in [2.24, 2.45) is 0 Å². The molecule has 0 saturated heterocycles. The average molecular weight is 317 g/mol. The second-order valence-corrected chi connectivity index (χ2v) is 6.63. The Labute approximate surface area is 116 Å². The van der Waals surface area contributed by atoms with Crippen molar-refractivity contribution in [2.75, 3.05) is 6.54 Å². The molecule has 0 fully saturated rings. The van der Waals surface area contributed by atoms with Crippen molar-refractivity contribution >= 4 is 44.8 Å². The van der Waals surface area contributed by atoms with Crippen molar-refractivity contribution in [3.8, 4) is 0 Å². The van der Waals surface area contributed by atoms with Crippen LogP contribution in [0.4, 0.5) is 0 Å². The number of benzene rings is 1. The highest BCUT2D eigenvalue weighted by Crippen LogP contribution is 2.24. The minimum absolute atomic E-state index is 0.0355. The summed E-state index contributed by atoms with van der Waals surface area (Å²) in [6.07, 6.45) is 0.674. The third kappa shape index (κ3) is 4.30. The summed E-state index contributed by atoms with van der Waals surface area (Å²) >= 11 is 17.4. The third-order valence-electron chi connectivity index (χ3n) is 2.12. The largest absolute Gasteiger partial charge is 0.242 e. The maximum absolute atomic E-state index is 11.9. The Morgan fingerprint density at radius 3 is 2.59 bits per heavy atom. The molecule has 0 aliphatic carbocycles. The van der Waals surface area contributed by atoms with E-state index in [1.165, 1.54) is 18.2 Å². The molecule has 96 valence electrons. The van der Waals surface area contributed by atoms with E-state index >= 15 is 0 Å². The minimum Gasteiger partial charge on any atom is -0.210 e. The molecule has 1 aromatic carbocycles. The standard InChI is InChI=1S/C10H12Cl3NO2S/c1-2-7(11)6-14-17(15,16)10-5-8(12)3-4-9(10)13/h3-5,7,14H,2,6H2,1H3. The quantitative estimate of drug-likeness (QED) is 0.847. The van der Waals surface area contributed by atoms with Crippen molar-refractivity contribution in [3.05, 3.63) is 28.2 Å². The van der Waals surface area contributed by atoms with Crippen molar-refractivity contribution < 1.29 is 8.42 Å². The van der Waals surface area contributed by atoms with Gasteiger partial charge in [0.05, 0.1) is 5.02 Å². The van der Waals surface area contributed by atoms with Crippen LogP contribution in [0.5, 0.6) is 0 Å². The molecule has 0 amide bonds. The molecule has 0 aliphatic rings. The number of halogens is 3. The lowest BCUT2D eigenvalue weighted by molar-refractivity contribution is 0.579. The Hall–Kier alpha value is -0.000000000000000111. The van der Waals surface area contributed by atoms with Gasteiger partial charge in [-0.15, -0.1) is 11.6 Å². The summed E-state index contributed by atoms with van der Waals surface area (Å²) in [6, 6.07) is 4.27. The number of alkyl halides is 1. The first kappa shape index (κ1) is 15.1. The zero-order chi connectivity index (χ0) is 13.1. The van der Waals surface area contributed by atoms with Crippen LogP contribution in [-0.2, 0) is 10.0 Å². The average Bonchev–Trinajstić information content (AvgIpc) is 2.29. The minimum atomic E-state index is -3.67. The summed E-state index contributed by atoms with van der Waals surface area (Å²) in [5.74, 6) is 0. The molecule has 1 atom stereocenters. The second-order valence-electron chi connectivity index (χ2n) is 3.43. The molecule has 7 heteroatoms. The van der Waals surface area contributed by atoms with Crippen LogP contribution in [0.25, 0.3) is 0 Å². The fraction of sp³-hybridized carbons (Fsp3) is 0.400. The predicted molar refractivity (Wildman–Crippen MR) is 71.6 cm³/mol. The van der Waals surface area contributed by atoms with Crippen molar-refractivity contribution in [3.63, 3.8) is 0 Å². The first-order chi connectivity index (χ1) is 7.86. The highest BCUT2D eigenvalue weighted by atomic mass is 35.5. The summed E-state index contributed by atoms with van der Waals surface area (Å²) in [5.41, 5.74) is 0. The number of hydrogen-bond donors (Lipinski definition) is 1. The number of sulfonamides is 1. The molecular formula is C10H12Cl3NO2S. The third-order valence-corrected chi connectivity index (χ3v) is 4.72. The fourth-order valence-corrected chi connectivity index (χ4v) is 3.12. The maximum Gasteiger partial charge on any atom is 0.242 e. The van der Waals surface area contributed by atoms with Crippen LogP contribution in [-0.4, -0.2) is 20.3 Å². The summed E-state index contributed by atoms with van der Waals surface area (Å²) < 4.78 is 26.2. The van der Waals surface area contributed by atoms with Gasteiger partial charge in [0.25, 0.3) is 0 Å². The van der Waals surface area contributed by atoms with Crippen LogP contribution in [0, 0.1) is 0 Å². The highest BCUT2D eigenvalue weighted by molar-refractivity contribution is 7.89. The maximum atomic E-state index is 11.9. The van der Waals surface area contributed by atoms with E-state index in [1.54, 1.807) is 0 Å². The highest BCUT2D eigenvalue weighted by Gasteiger charge is 2.19. The molecule has 0 radical (unpaired) electrons. The SMILES string of the molecule is CCC(Cl)CNS(=O)(=O)c1cc(Cl)ccc1Cl. The summed E-state index contributed by atoms with van der Waals surface area (Å²) in [4.78, 5) is -0.0355. The Kier molecular flexibility index (Phi) is 5.54. The molecule has 1 N–H and O–H groups in total. The van der Waals surface area contributed by atoms with Gasteiger partial charge in [-0.3, -0.25) is 0 Å². The lowest BCUT2D eigenvalue weighted by atomic mass is 10.3. The van der Waals surface area contributed by atoms with E-state index in [4.69, 9.17) is 34.8 Å². The molecule has 1 aromatic rings. The Balaban J connectivity index is 2.93. The first-order valence-electron chi connectivity index (χ1n) is 4.95. The van der Waals surface area contributed by atoms with E-state index in [0.29, 0.717) is 11.4 Å². The molecular weight excluding hydrogens is 305 g/mol. The summed E-state index contributed by atoms with van der Waals surface area (Å²) in [7, 11) is -3.67. The van der Waals surface area contributed by atoms with E-state index in [9.17, 15) is 8.42 Å². The van der Waals surface area contributed by atoms with Crippen molar-refractivity contribution in [1.29, 1.82) is 0 Å². The van der Waals surface area contributed by atoms with Crippen LogP contribution < -0.4 is 4.72 Å². The van der Waals surface area contributed by atoms with E-state index in [-0.39, 0.29) is 21.8 Å². The first-order valence-corrected chi connectivity index (χ1v) is 7.63. The van der Waals surface area contributed by atoms with Gasteiger partial charge in [0.15, 0.2) is 0 Å². The Morgan fingerprint density at radius 2 is 2.00 bits per heavy atom. The smallest absolute Gasteiger partial charge is 0.210 e. The van der Waals surface area contributed by atoms with E-state index in [0.717, 1.165) is 0 Å². The lowest BCUT2D eigenvalue weighted by Gasteiger charge is -2.10. The van der Waals surface area contributed by atoms with Gasteiger partial charge in [0, 0.05) is 16.9 Å². The van der Waals surface area contributed by atoms with Gasteiger partial charge in [0.1, 0.15) is 4.90 Å². The van der Waals surface area contributed by atoms with Crippen molar-refractivity contribution in [2.45, 2.75) is 23.6 Å². The molecule has 17 heavy (non-hydrogen) atoms. The van der Waals surface area contributed by atoms with Gasteiger partial charge >= 0.3 is 0 Å². The normalized spacial score (nSPS) is 13.6. The van der Waals surface area contributed by atoms with E-state index in [2.05, 4.69) is 4.72 Å². The molecule has 0 aliphatic heterocycles. The molecule has 0 spiro atoms. The molecule has 3 nitrogen and oxygen atoms in total. The number of hydrogen-bond acceptors (Lipinski definition) is 2. The fourth-order valence-electron chi connectivity index (χ4n) is 1.11. The van der Waals surface area contributed by atoms with Gasteiger partial charge in [-0.05, 0) is 24.6 Å².